The zero-order chi connectivity index (χ0) is 25.1. The monoisotopic (exact) mass is 516 g/mol. The molecule has 1 unspecified atom stereocenters. The second-order valence-corrected chi connectivity index (χ2v) is 9.37. The first-order valence-corrected chi connectivity index (χ1v) is 11.6. The maximum absolute atomic E-state index is 12.0. The van der Waals surface area contributed by atoms with Gasteiger partial charge in [0.1, 0.15) is 0 Å². The number of amides is 2. The third-order valence-corrected chi connectivity index (χ3v) is 5.65. The van der Waals surface area contributed by atoms with Crippen LogP contribution in [0.1, 0.15) is 51.1 Å². The van der Waals surface area contributed by atoms with Crippen molar-refractivity contribution in [2.24, 2.45) is 0 Å². The number of aryl methyl sites for hydroxylation is 2. The van der Waals surface area contributed by atoms with Crippen molar-refractivity contribution in [3.8, 4) is 0 Å². The van der Waals surface area contributed by atoms with Crippen LogP contribution >= 0.6 is 15.9 Å². The van der Waals surface area contributed by atoms with Gasteiger partial charge in [0.05, 0.1) is 4.83 Å². The van der Waals surface area contributed by atoms with Gasteiger partial charge in [0.25, 0.3) is 0 Å². The third kappa shape index (κ3) is 10.1. The van der Waals surface area contributed by atoms with Gasteiger partial charge >= 0.3 is 0 Å². The van der Waals surface area contributed by atoms with E-state index in [4.69, 9.17) is 0 Å². The van der Waals surface area contributed by atoms with Gasteiger partial charge in [-0.3, -0.25) is 19.2 Å². The predicted octanol–water partition coefficient (Wildman–Crippen LogP) is 4.47. The van der Waals surface area contributed by atoms with E-state index in [1.54, 1.807) is 52.5 Å². The van der Waals surface area contributed by atoms with Crippen LogP contribution in [-0.2, 0) is 9.59 Å². The Balaban J connectivity index is 0.000000331. The molecule has 0 bridgehead atoms. The Hall–Kier alpha value is -2.80. The summed E-state index contributed by atoms with van der Waals surface area (Å²) in [5, 5.41) is 0. The summed E-state index contributed by atoms with van der Waals surface area (Å²) in [6.07, 6.45) is 0.736. The summed E-state index contributed by atoms with van der Waals surface area (Å²) in [7, 11) is 6.74. The molecule has 2 aromatic carbocycles. The van der Waals surface area contributed by atoms with E-state index in [-0.39, 0.29) is 42.6 Å². The number of carbonyl (C=O) groups is 4. The minimum atomic E-state index is -0.458. The molecule has 0 saturated carbocycles. The van der Waals surface area contributed by atoms with Crippen LogP contribution in [0.5, 0.6) is 0 Å². The fourth-order valence-electron chi connectivity index (χ4n) is 2.66. The van der Waals surface area contributed by atoms with Crippen LogP contribution in [0.4, 0.5) is 0 Å². The Morgan fingerprint density at radius 1 is 0.697 bits per heavy atom. The van der Waals surface area contributed by atoms with Gasteiger partial charge in [-0.2, -0.15) is 0 Å². The third-order valence-electron chi connectivity index (χ3n) is 4.91. The highest BCUT2D eigenvalue weighted by atomic mass is 79.9. The molecular formula is C26H33BrN2O4. The summed E-state index contributed by atoms with van der Waals surface area (Å²) in [6.45, 7) is 3.94. The summed E-state index contributed by atoms with van der Waals surface area (Å²) in [4.78, 5) is 49.0. The second kappa shape index (κ2) is 13.7. The number of halogens is 1. The lowest BCUT2D eigenvalue weighted by atomic mass is 10.0. The lowest BCUT2D eigenvalue weighted by Gasteiger charge is -2.13. The van der Waals surface area contributed by atoms with Gasteiger partial charge in [-0.05, 0) is 13.8 Å². The Kier molecular flexibility index (Phi) is 11.7. The van der Waals surface area contributed by atoms with Crippen LogP contribution in [0.2, 0.25) is 0 Å². The first-order chi connectivity index (χ1) is 15.4. The first kappa shape index (κ1) is 28.2. The average Bonchev–Trinajstić information content (AvgIpc) is 2.77. The molecule has 1 atom stereocenters. The molecule has 0 heterocycles. The van der Waals surface area contributed by atoms with Gasteiger partial charge < -0.3 is 9.80 Å². The molecule has 0 saturated heterocycles. The molecule has 0 spiro atoms. The van der Waals surface area contributed by atoms with Gasteiger partial charge in [0.2, 0.25) is 11.8 Å². The molecular weight excluding hydrogens is 484 g/mol. The molecule has 6 nitrogen and oxygen atoms in total. The maximum atomic E-state index is 12.0. The van der Waals surface area contributed by atoms with Crippen molar-refractivity contribution in [1.82, 2.24) is 9.80 Å². The van der Waals surface area contributed by atoms with E-state index in [1.165, 1.54) is 9.80 Å². The van der Waals surface area contributed by atoms with E-state index < -0.39 is 4.83 Å². The molecule has 0 aliphatic carbocycles. The summed E-state index contributed by atoms with van der Waals surface area (Å²) >= 11 is 3.27. The summed E-state index contributed by atoms with van der Waals surface area (Å²) in [5.41, 5.74) is 3.54. The molecule has 0 aromatic heterocycles. The van der Waals surface area contributed by atoms with Crippen LogP contribution in [0, 0.1) is 13.8 Å². The van der Waals surface area contributed by atoms with Crippen molar-refractivity contribution in [2.75, 3.05) is 28.2 Å². The van der Waals surface area contributed by atoms with Crippen LogP contribution in [0.25, 0.3) is 0 Å². The summed E-state index contributed by atoms with van der Waals surface area (Å²) in [6, 6.07) is 14.8. The Morgan fingerprint density at radius 3 is 1.55 bits per heavy atom. The molecule has 178 valence electrons. The van der Waals surface area contributed by atoms with Crippen LogP contribution in [0.15, 0.2) is 48.5 Å². The number of ketones is 2. The lowest BCUT2D eigenvalue weighted by molar-refractivity contribution is -0.129. The van der Waals surface area contributed by atoms with Crippen molar-refractivity contribution >= 4 is 39.3 Å². The maximum Gasteiger partial charge on any atom is 0.223 e. The minimum Gasteiger partial charge on any atom is -0.349 e. The molecule has 0 N–H and O–H groups in total. The van der Waals surface area contributed by atoms with Crippen molar-refractivity contribution < 1.29 is 19.2 Å². The van der Waals surface area contributed by atoms with Crippen molar-refractivity contribution in [3.63, 3.8) is 0 Å². The topological polar surface area (TPSA) is 74.8 Å². The molecule has 0 fully saturated rings. The van der Waals surface area contributed by atoms with Gasteiger partial charge in [0.15, 0.2) is 11.6 Å². The molecule has 7 heteroatoms. The Bertz CT molecular complexity index is 951. The predicted molar refractivity (Wildman–Crippen MR) is 135 cm³/mol. The average molecular weight is 517 g/mol. The number of nitrogens with zero attached hydrogens (tertiary/aromatic N) is 2. The van der Waals surface area contributed by atoms with E-state index in [9.17, 15) is 19.2 Å². The van der Waals surface area contributed by atoms with Gasteiger partial charge in [-0.1, -0.05) is 75.6 Å². The Morgan fingerprint density at radius 2 is 1.12 bits per heavy atom. The van der Waals surface area contributed by atoms with E-state index in [0.29, 0.717) is 11.1 Å². The minimum absolute atomic E-state index is 0.0135. The zero-order valence-corrected chi connectivity index (χ0v) is 21.8. The summed E-state index contributed by atoms with van der Waals surface area (Å²) < 4.78 is 0. The number of alkyl halides is 1. The SMILES string of the molecule is Cc1ccc(C(=O)C(Br)CC(=O)N(C)C)cc1.Cc1ccc(C(=O)CCC(=O)N(C)C)cc1. The van der Waals surface area contributed by atoms with Gasteiger partial charge in [0, 0.05) is 58.6 Å². The highest BCUT2D eigenvalue weighted by Gasteiger charge is 2.20. The fraction of sp³-hybridized carbons (Fsp3) is 0.385. The highest BCUT2D eigenvalue weighted by Crippen LogP contribution is 2.15. The second-order valence-electron chi connectivity index (χ2n) is 8.27. The molecule has 2 aromatic rings. The van der Waals surface area contributed by atoms with E-state index in [1.807, 2.05) is 38.1 Å². The smallest absolute Gasteiger partial charge is 0.223 e. The largest absolute Gasteiger partial charge is 0.349 e. The van der Waals surface area contributed by atoms with Gasteiger partial charge in [-0.15, -0.1) is 0 Å². The number of hydrogen-bond acceptors (Lipinski definition) is 4. The number of benzene rings is 2. The molecule has 0 aliphatic rings. The van der Waals surface area contributed by atoms with Crippen LogP contribution in [0.3, 0.4) is 0 Å². The number of rotatable bonds is 8. The van der Waals surface area contributed by atoms with Crippen LogP contribution in [-0.4, -0.2) is 66.2 Å². The number of hydrogen-bond donors (Lipinski definition) is 0. The van der Waals surface area contributed by atoms with E-state index in [2.05, 4.69) is 15.9 Å². The standard InChI is InChI=1S/C13H16BrNO2.C13H17NO2/c1-9-4-6-10(7-5-9)13(17)11(14)8-12(16)15(2)3;1-10-4-6-11(7-5-10)12(15)8-9-13(16)14(2)3/h4-7,11H,8H2,1-3H3;4-7H,8-9H2,1-3H3. The molecule has 2 amide bonds. The first-order valence-electron chi connectivity index (χ1n) is 10.7. The normalized spacial score (nSPS) is 11.0. The number of carbonyl (C=O) groups excluding carboxylic acids is 4. The number of Topliss-reactive ketones (excluding diaryl/α,β-unsaturated/α-hetero) is 2. The van der Waals surface area contributed by atoms with E-state index >= 15 is 0 Å². The molecule has 2 rings (SSSR count). The highest BCUT2D eigenvalue weighted by molar-refractivity contribution is 9.10. The lowest BCUT2D eigenvalue weighted by Crippen LogP contribution is -2.27. The van der Waals surface area contributed by atoms with Gasteiger partial charge in [-0.25, -0.2) is 0 Å². The molecule has 33 heavy (non-hydrogen) atoms. The zero-order valence-electron chi connectivity index (χ0n) is 20.2. The molecule has 0 radical (unpaired) electrons. The Labute approximate surface area is 205 Å². The van der Waals surface area contributed by atoms with Crippen molar-refractivity contribution in [3.05, 3.63) is 70.8 Å². The quantitative estimate of drug-likeness (QED) is 0.383. The van der Waals surface area contributed by atoms with Crippen molar-refractivity contribution in [1.29, 1.82) is 0 Å². The van der Waals surface area contributed by atoms with E-state index in [0.717, 1.165) is 11.1 Å². The van der Waals surface area contributed by atoms with Crippen molar-refractivity contribution in [2.45, 2.75) is 37.9 Å². The fourth-order valence-corrected chi connectivity index (χ4v) is 3.20. The molecule has 0 aliphatic heterocycles. The summed E-state index contributed by atoms with van der Waals surface area (Å²) in [5.74, 6) is -0.108. The van der Waals surface area contributed by atoms with Crippen LogP contribution < -0.4 is 0 Å².